The van der Waals surface area contributed by atoms with Gasteiger partial charge in [0.2, 0.25) is 0 Å². The van der Waals surface area contributed by atoms with Crippen molar-refractivity contribution in [3.8, 4) is 5.75 Å². The van der Waals surface area contributed by atoms with Crippen molar-refractivity contribution in [2.45, 2.75) is 13.3 Å². The van der Waals surface area contributed by atoms with Crippen LogP contribution in [0.5, 0.6) is 5.75 Å². The molecule has 0 aliphatic carbocycles. The van der Waals surface area contributed by atoms with Crippen LogP contribution in [0.4, 0.5) is 10.5 Å². The zero-order chi connectivity index (χ0) is 14.8. The fourth-order valence-electron chi connectivity index (χ4n) is 1.44. The molecule has 0 bridgehead atoms. The van der Waals surface area contributed by atoms with Crippen molar-refractivity contribution in [2.24, 2.45) is 0 Å². The van der Waals surface area contributed by atoms with Gasteiger partial charge in [0.05, 0.1) is 5.69 Å². The Morgan fingerprint density at radius 3 is 2.80 bits per heavy atom. The third-order valence-corrected chi connectivity index (χ3v) is 2.32. The Balaban J connectivity index is 2.53. The Morgan fingerprint density at radius 2 is 2.10 bits per heavy atom. The molecule has 0 aliphatic rings. The maximum Gasteiger partial charge on any atom is 0.341 e. The van der Waals surface area contributed by atoms with E-state index in [0.29, 0.717) is 18.0 Å². The topological polar surface area (TPSA) is 87.7 Å². The standard InChI is InChI=1S/C14H18N2O4/c1-2-3-6-9-15-14(19)16-11-7-4-5-8-12(11)20-10-13(17)18/h2-5,7-8H,6,9-10H2,1H3,(H,17,18)(H2,15,16,19)/b3-2+. The van der Waals surface area contributed by atoms with Gasteiger partial charge in [0.1, 0.15) is 5.75 Å². The molecule has 0 saturated heterocycles. The lowest BCUT2D eigenvalue weighted by molar-refractivity contribution is -0.139. The van der Waals surface area contributed by atoms with Crippen LogP contribution in [-0.4, -0.2) is 30.3 Å². The lowest BCUT2D eigenvalue weighted by Crippen LogP contribution is -2.29. The summed E-state index contributed by atoms with van der Waals surface area (Å²) in [7, 11) is 0. The Bertz CT molecular complexity index is 486. The molecule has 0 radical (unpaired) electrons. The molecule has 20 heavy (non-hydrogen) atoms. The molecular formula is C14H18N2O4. The van der Waals surface area contributed by atoms with Gasteiger partial charge < -0.3 is 20.5 Å². The van der Waals surface area contributed by atoms with E-state index in [-0.39, 0.29) is 6.03 Å². The van der Waals surface area contributed by atoms with Crippen LogP contribution in [0.1, 0.15) is 13.3 Å². The number of amides is 2. The highest BCUT2D eigenvalue weighted by Crippen LogP contribution is 2.23. The Morgan fingerprint density at radius 1 is 1.35 bits per heavy atom. The van der Waals surface area contributed by atoms with Crippen molar-refractivity contribution in [3.05, 3.63) is 36.4 Å². The largest absolute Gasteiger partial charge is 0.480 e. The van der Waals surface area contributed by atoms with Crippen LogP contribution in [0.3, 0.4) is 0 Å². The zero-order valence-corrected chi connectivity index (χ0v) is 11.3. The molecule has 0 spiro atoms. The van der Waals surface area contributed by atoms with Gasteiger partial charge in [-0.25, -0.2) is 9.59 Å². The van der Waals surface area contributed by atoms with Gasteiger partial charge in [0.15, 0.2) is 6.61 Å². The molecule has 1 aromatic rings. The number of ether oxygens (including phenoxy) is 1. The number of para-hydroxylation sites is 2. The molecule has 108 valence electrons. The van der Waals surface area contributed by atoms with Crippen LogP contribution in [0, 0.1) is 0 Å². The number of carboxylic acids is 1. The van der Waals surface area contributed by atoms with Gasteiger partial charge in [-0.1, -0.05) is 24.3 Å². The highest BCUT2D eigenvalue weighted by molar-refractivity contribution is 5.90. The second-order valence-electron chi connectivity index (χ2n) is 3.92. The van der Waals surface area contributed by atoms with E-state index >= 15 is 0 Å². The van der Waals surface area contributed by atoms with Gasteiger partial charge in [-0.15, -0.1) is 0 Å². The molecule has 6 nitrogen and oxygen atoms in total. The van der Waals surface area contributed by atoms with Crippen LogP contribution in [0.25, 0.3) is 0 Å². The summed E-state index contributed by atoms with van der Waals surface area (Å²) >= 11 is 0. The number of rotatable bonds is 7. The number of carbonyl (C=O) groups excluding carboxylic acids is 1. The van der Waals surface area contributed by atoms with Gasteiger partial charge in [-0.3, -0.25) is 0 Å². The maximum atomic E-state index is 11.6. The fourth-order valence-corrected chi connectivity index (χ4v) is 1.44. The molecule has 3 N–H and O–H groups in total. The summed E-state index contributed by atoms with van der Waals surface area (Å²) in [6.45, 7) is 1.98. The Hall–Kier alpha value is -2.50. The quantitative estimate of drug-likeness (QED) is 0.527. The van der Waals surface area contributed by atoms with E-state index in [1.54, 1.807) is 24.3 Å². The number of anilines is 1. The molecule has 0 atom stereocenters. The van der Waals surface area contributed by atoms with E-state index in [2.05, 4.69) is 10.6 Å². The first-order chi connectivity index (χ1) is 9.63. The zero-order valence-electron chi connectivity index (χ0n) is 11.3. The Labute approximate surface area is 117 Å². The Kier molecular flexibility index (Phi) is 6.67. The van der Waals surface area contributed by atoms with Crippen LogP contribution < -0.4 is 15.4 Å². The average Bonchev–Trinajstić information content (AvgIpc) is 2.42. The summed E-state index contributed by atoms with van der Waals surface area (Å²) in [6.07, 6.45) is 4.61. The number of urea groups is 1. The molecule has 0 heterocycles. The van der Waals surface area contributed by atoms with E-state index in [1.165, 1.54) is 0 Å². The second kappa shape index (κ2) is 8.58. The number of carbonyl (C=O) groups is 2. The summed E-state index contributed by atoms with van der Waals surface area (Å²) < 4.78 is 5.09. The minimum absolute atomic E-state index is 0.318. The van der Waals surface area contributed by atoms with Crippen LogP contribution >= 0.6 is 0 Å². The molecule has 0 aromatic heterocycles. The van der Waals surface area contributed by atoms with E-state index in [4.69, 9.17) is 9.84 Å². The first-order valence-corrected chi connectivity index (χ1v) is 6.23. The van der Waals surface area contributed by atoms with E-state index in [0.717, 1.165) is 6.42 Å². The van der Waals surface area contributed by atoms with Crippen molar-refractivity contribution >= 4 is 17.7 Å². The number of carboxylic acid groups (broad SMARTS) is 1. The number of hydrogen-bond donors (Lipinski definition) is 3. The van der Waals surface area contributed by atoms with Gasteiger partial charge in [-0.05, 0) is 25.5 Å². The summed E-state index contributed by atoms with van der Waals surface area (Å²) in [6, 6.07) is 6.30. The van der Waals surface area contributed by atoms with E-state index in [1.807, 2.05) is 19.1 Å². The van der Waals surface area contributed by atoms with Crippen LogP contribution in [0.2, 0.25) is 0 Å². The number of benzene rings is 1. The monoisotopic (exact) mass is 278 g/mol. The molecule has 0 fully saturated rings. The second-order valence-corrected chi connectivity index (χ2v) is 3.92. The highest BCUT2D eigenvalue weighted by atomic mass is 16.5. The van der Waals surface area contributed by atoms with Gasteiger partial charge >= 0.3 is 12.0 Å². The number of allylic oxidation sites excluding steroid dienone is 1. The van der Waals surface area contributed by atoms with Crippen molar-refractivity contribution in [1.82, 2.24) is 5.32 Å². The predicted molar refractivity (Wildman–Crippen MR) is 76.0 cm³/mol. The minimum atomic E-state index is -1.07. The summed E-state index contributed by atoms with van der Waals surface area (Å²) in [4.78, 5) is 22.1. The van der Waals surface area contributed by atoms with Crippen molar-refractivity contribution in [1.29, 1.82) is 0 Å². The number of nitrogens with one attached hydrogen (secondary N) is 2. The lowest BCUT2D eigenvalue weighted by Gasteiger charge is -2.11. The SMILES string of the molecule is C/C=C/CCNC(=O)Nc1ccccc1OCC(=O)O. The van der Waals surface area contributed by atoms with E-state index in [9.17, 15) is 9.59 Å². The maximum absolute atomic E-state index is 11.6. The summed E-state index contributed by atoms with van der Waals surface area (Å²) in [5.41, 5.74) is 0.428. The molecule has 1 aromatic carbocycles. The number of aliphatic carboxylic acids is 1. The minimum Gasteiger partial charge on any atom is -0.480 e. The molecule has 0 aliphatic heterocycles. The smallest absolute Gasteiger partial charge is 0.341 e. The molecular weight excluding hydrogens is 260 g/mol. The molecule has 0 unspecified atom stereocenters. The van der Waals surface area contributed by atoms with Crippen LogP contribution in [-0.2, 0) is 4.79 Å². The normalized spacial score (nSPS) is 10.2. The van der Waals surface area contributed by atoms with Crippen LogP contribution in [0.15, 0.2) is 36.4 Å². The number of hydrogen-bond acceptors (Lipinski definition) is 3. The molecule has 0 saturated carbocycles. The summed E-state index contributed by atoms with van der Waals surface area (Å²) in [5.74, 6) is -0.755. The van der Waals surface area contributed by atoms with Gasteiger partial charge in [0, 0.05) is 6.54 Å². The first kappa shape index (κ1) is 15.6. The van der Waals surface area contributed by atoms with E-state index < -0.39 is 12.6 Å². The van der Waals surface area contributed by atoms with Crippen molar-refractivity contribution < 1.29 is 19.4 Å². The van der Waals surface area contributed by atoms with Crippen molar-refractivity contribution in [2.75, 3.05) is 18.5 Å². The third kappa shape index (κ3) is 5.90. The molecule has 6 heteroatoms. The summed E-state index contributed by atoms with van der Waals surface area (Å²) in [5, 5.41) is 13.9. The molecule has 1 rings (SSSR count). The third-order valence-electron chi connectivity index (χ3n) is 2.32. The average molecular weight is 278 g/mol. The fraction of sp³-hybridized carbons (Fsp3) is 0.286. The highest BCUT2D eigenvalue weighted by Gasteiger charge is 2.08. The van der Waals surface area contributed by atoms with Gasteiger partial charge in [0.25, 0.3) is 0 Å². The predicted octanol–water partition coefficient (Wildman–Crippen LogP) is 2.24. The lowest BCUT2D eigenvalue weighted by atomic mass is 10.3. The van der Waals surface area contributed by atoms with Crippen molar-refractivity contribution in [3.63, 3.8) is 0 Å². The molecule has 2 amide bonds. The van der Waals surface area contributed by atoms with Gasteiger partial charge in [-0.2, -0.15) is 0 Å². The first-order valence-electron chi connectivity index (χ1n) is 6.23.